The fraction of sp³-hybridized carbons (Fsp3) is 0.389. The highest BCUT2D eigenvalue weighted by molar-refractivity contribution is 5.81. The van der Waals surface area contributed by atoms with Crippen molar-refractivity contribution >= 4 is 11.7 Å². The molecule has 0 unspecified atom stereocenters. The summed E-state index contributed by atoms with van der Waals surface area (Å²) in [4.78, 5) is 25.4. The van der Waals surface area contributed by atoms with Crippen LogP contribution in [0.15, 0.2) is 36.5 Å². The van der Waals surface area contributed by atoms with Gasteiger partial charge in [0.15, 0.2) is 0 Å². The number of piperazine rings is 1. The smallest absolute Gasteiger partial charge is 0.239 e. The predicted octanol–water partition coefficient (Wildman–Crippen LogP) is 1.44. The summed E-state index contributed by atoms with van der Waals surface area (Å²) in [7, 11) is 0. The van der Waals surface area contributed by atoms with Crippen molar-refractivity contribution in [3.63, 3.8) is 0 Å². The van der Waals surface area contributed by atoms with Gasteiger partial charge in [-0.05, 0) is 19.4 Å². The van der Waals surface area contributed by atoms with Gasteiger partial charge in [-0.25, -0.2) is 4.98 Å². The molecular weight excluding hydrogens is 302 g/mol. The zero-order valence-corrected chi connectivity index (χ0v) is 14.1. The normalized spacial score (nSPS) is 16.8. The van der Waals surface area contributed by atoms with Crippen molar-refractivity contribution < 1.29 is 4.79 Å². The first-order valence-electron chi connectivity index (χ1n) is 8.20. The van der Waals surface area contributed by atoms with Gasteiger partial charge in [0.2, 0.25) is 5.91 Å². The number of carbonyl (C=O) groups is 1. The maximum Gasteiger partial charge on any atom is 0.239 e. The Kier molecular flexibility index (Phi) is 4.76. The summed E-state index contributed by atoms with van der Waals surface area (Å²) in [5, 5.41) is 0. The SMILES string of the molecule is Cc1cnc(C)c(N2CCN([C@@H](C(N)=O)c3ccccc3)CC2)n1. The van der Waals surface area contributed by atoms with Gasteiger partial charge in [-0.2, -0.15) is 0 Å². The highest BCUT2D eigenvalue weighted by atomic mass is 16.1. The highest BCUT2D eigenvalue weighted by Gasteiger charge is 2.29. The minimum absolute atomic E-state index is 0.304. The van der Waals surface area contributed by atoms with Crippen molar-refractivity contribution in [3.05, 3.63) is 53.5 Å². The fourth-order valence-corrected chi connectivity index (χ4v) is 3.21. The van der Waals surface area contributed by atoms with E-state index in [1.165, 1.54) is 0 Å². The van der Waals surface area contributed by atoms with Crippen LogP contribution < -0.4 is 10.6 Å². The molecule has 1 aliphatic rings. The number of hydrogen-bond donors (Lipinski definition) is 1. The van der Waals surface area contributed by atoms with E-state index < -0.39 is 0 Å². The second-order valence-corrected chi connectivity index (χ2v) is 6.16. The first-order chi connectivity index (χ1) is 11.6. The summed E-state index contributed by atoms with van der Waals surface area (Å²) in [5.41, 5.74) is 8.47. The molecule has 24 heavy (non-hydrogen) atoms. The lowest BCUT2D eigenvalue weighted by molar-refractivity contribution is -0.123. The van der Waals surface area contributed by atoms with Crippen molar-refractivity contribution in [1.82, 2.24) is 14.9 Å². The second kappa shape index (κ2) is 6.97. The Morgan fingerprint density at radius 2 is 1.79 bits per heavy atom. The molecule has 0 radical (unpaired) electrons. The molecule has 1 aliphatic heterocycles. The predicted molar refractivity (Wildman–Crippen MR) is 93.7 cm³/mol. The van der Waals surface area contributed by atoms with E-state index in [4.69, 9.17) is 5.73 Å². The molecule has 1 fully saturated rings. The molecule has 2 heterocycles. The van der Waals surface area contributed by atoms with E-state index in [9.17, 15) is 4.79 Å². The number of amides is 1. The van der Waals surface area contributed by atoms with Crippen LogP contribution in [0, 0.1) is 13.8 Å². The third-order valence-corrected chi connectivity index (χ3v) is 4.41. The standard InChI is InChI=1S/C18H23N5O/c1-13-12-20-14(2)18(21-13)23-10-8-22(9-11-23)16(17(19)24)15-6-4-3-5-7-15/h3-7,12,16H,8-11H2,1-2H3,(H2,19,24)/t16-/m1/s1. The quantitative estimate of drug-likeness (QED) is 0.921. The Morgan fingerprint density at radius 1 is 1.12 bits per heavy atom. The number of anilines is 1. The second-order valence-electron chi connectivity index (χ2n) is 6.16. The third-order valence-electron chi connectivity index (χ3n) is 4.41. The van der Waals surface area contributed by atoms with Crippen molar-refractivity contribution in [2.45, 2.75) is 19.9 Å². The van der Waals surface area contributed by atoms with Crippen LogP contribution in [0.1, 0.15) is 23.0 Å². The number of primary amides is 1. The van der Waals surface area contributed by atoms with E-state index in [-0.39, 0.29) is 11.9 Å². The summed E-state index contributed by atoms with van der Waals surface area (Å²) in [6.07, 6.45) is 1.79. The fourth-order valence-electron chi connectivity index (χ4n) is 3.21. The van der Waals surface area contributed by atoms with E-state index in [0.29, 0.717) is 0 Å². The summed E-state index contributed by atoms with van der Waals surface area (Å²) < 4.78 is 0. The minimum Gasteiger partial charge on any atom is -0.368 e. The first kappa shape index (κ1) is 16.4. The lowest BCUT2D eigenvalue weighted by Crippen LogP contribution is -2.50. The van der Waals surface area contributed by atoms with Crippen LogP contribution in [0.2, 0.25) is 0 Å². The topological polar surface area (TPSA) is 75.3 Å². The number of carbonyl (C=O) groups excluding carboxylic acids is 1. The molecule has 1 saturated heterocycles. The Morgan fingerprint density at radius 3 is 2.42 bits per heavy atom. The average Bonchev–Trinajstić information content (AvgIpc) is 2.59. The van der Waals surface area contributed by atoms with Gasteiger partial charge in [-0.15, -0.1) is 0 Å². The molecule has 126 valence electrons. The van der Waals surface area contributed by atoms with Crippen molar-refractivity contribution in [3.8, 4) is 0 Å². The van der Waals surface area contributed by atoms with E-state index in [2.05, 4.69) is 19.8 Å². The number of nitrogens with zero attached hydrogens (tertiary/aromatic N) is 4. The van der Waals surface area contributed by atoms with Crippen molar-refractivity contribution in [2.75, 3.05) is 31.1 Å². The number of aromatic nitrogens is 2. The van der Waals surface area contributed by atoms with Crippen LogP contribution in [-0.2, 0) is 4.79 Å². The Balaban J connectivity index is 1.74. The molecule has 0 spiro atoms. The van der Waals surface area contributed by atoms with E-state index in [1.54, 1.807) is 6.20 Å². The molecule has 6 nitrogen and oxygen atoms in total. The van der Waals surface area contributed by atoms with Gasteiger partial charge in [0.05, 0.1) is 11.4 Å². The van der Waals surface area contributed by atoms with Crippen LogP contribution in [0.4, 0.5) is 5.82 Å². The van der Waals surface area contributed by atoms with Crippen LogP contribution >= 0.6 is 0 Å². The molecule has 6 heteroatoms. The lowest BCUT2D eigenvalue weighted by atomic mass is 10.0. The van der Waals surface area contributed by atoms with E-state index in [1.807, 2.05) is 44.2 Å². The average molecular weight is 325 g/mol. The Bertz CT molecular complexity index is 711. The maximum atomic E-state index is 12.0. The van der Waals surface area contributed by atoms with Gasteiger partial charge >= 0.3 is 0 Å². The number of hydrogen-bond acceptors (Lipinski definition) is 5. The molecule has 0 bridgehead atoms. The van der Waals surface area contributed by atoms with Gasteiger partial charge in [0, 0.05) is 32.4 Å². The number of benzene rings is 1. The summed E-state index contributed by atoms with van der Waals surface area (Å²) in [5.74, 6) is 0.631. The van der Waals surface area contributed by atoms with Gasteiger partial charge in [0.25, 0.3) is 0 Å². The monoisotopic (exact) mass is 325 g/mol. The largest absolute Gasteiger partial charge is 0.368 e. The zero-order valence-electron chi connectivity index (χ0n) is 14.1. The van der Waals surface area contributed by atoms with Gasteiger partial charge in [-0.3, -0.25) is 14.7 Å². The zero-order chi connectivity index (χ0) is 17.1. The van der Waals surface area contributed by atoms with E-state index in [0.717, 1.165) is 48.9 Å². The molecule has 1 aromatic carbocycles. The third kappa shape index (κ3) is 3.38. The molecule has 3 rings (SSSR count). The van der Waals surface area contributed by atoms with Crippen LogP contribution in [0.3, 0.4) is 0 Å². The molecule has 0 saturated carbocycles. The summed E-state index contributed by atoms with van der Waals surface area (Å²) in [6.45, 7) is 7.05. The van der Waals surface area contributed by atoms with Gasteiger partial charge < -0.3 is 10.6 Å². The van der Waals surface area contributed by atoms with Crippen LogP contribution in [-0.4, -0.2) is 47.0 Å². The molecule has 0 aliphatic carbocycles. The van der Waals surface area contributed by atoms with Crippen LogP contribution in [0.25, 0.3) is 0 Å². The molecule has 1 amide bonds. The van der Waals surface area contributed by atoms with Crippen LogP contribution in [0.5, 0.6) is 0 Å². The van der Waals surface area contributed by atoms with Crippen molar-refractivity contribution in [1.29, 1.82) is 0 Å². The first-order valence-corrected chi connectivity index (χ1v) is 8.20. The summed E-state index contributed by atoms with van der Waals surface area (Å²) in [6, 6.07) is 9.35. The number of aryl methyl sites for hydroxylation is 2. The highest BCUT2D eigenvalue weighted by Crippen LogP contribution is 2.24. The molecule has 2 N–H and O–H groups in total. The van der Waals surface area contributed by atoms with Gasteiger partial charge in [-0.1, -0.05) is 30.3 Å². The molecule has 2 aromatic rings. The Labute approximate surface area is 142 Å². The van der Waals surface area contributed by atoms with E-state index >= 15 is 0 Å². The summed E-state index contributed by atoms with van der Waals surface area (Å²) >= 11 is 0. The van der Waals surface area contributed by atoms with Crippen molar-refractivity contribution in [2.24, 2.45) is 5.73 Å². The number of nitrogens with two attached hydrogens (primary N) is 1. The Hall–Kier alpha value is -2.47. The molecule has 1 atom stereocenters. The maximum absolute atomic E-state index is 12.0. The molecular formula is C18H23N5O. The molecule has 1 aromatic heterocycles. The minimum atomic E-state index is -0.377. The van der Waals surface area contributed by atoms with Gasteiger partial charge in [0.1, 0.15) is 11.9 Å². The number of rotatable bonds is 4. The lowest BCUT2D eigenvalue weighted by Gasteiger charge is -2.39.